The van der Waals surface area contributed by atoms with Gasteiger partial charge in [0.1, 0.15) is 6.04 Å². The molecule has 1 unspecified atom stereocenters. The standard InChI is InChI=1S/C20H21NO2/c1-3-10-15(2)21-18(16-11-6-4-7-12-16)19(23-20(21)22)17-13-8-5-9-14-17/h3-15,18-19H,1-2H3/b10-3+/t15?,18-,19+/m0/s1. The number of allylic oxidation sites excluding steroid dienone is 1. The molecule has 0 aliphatic carbocycles. The normalized spacial score (nSPS) is 22.3. The molecule has 0 spiro atoms. The zero-order valence-corrected chi connectivity index (χ0v) is 13.4. The third-order valence-corrected chi connectivity index (χ3v) is 4.20. The molecule has 1 amide bonds. The van der Waals surface area contributed by atoms with Gasteiger partial charge in [-0.3, -0.25) is 4.90 Å². The number of hydrogen-bond acceptors (Lipinski definition) is 2. The Hall–Kier alpha value is -2.55. The van der Waals surface area contributed by atoms with Crippen LogP contribution in [0.25, 0.3) is 0 Å². The van der Waals surface area contributed by atoms with Gasteiger partial charge in [-0.05, 0) is 25.0 Å². The molecule has 1 aliphatic rings. The van der Waals surface area contributed by atoms with Gasteiger partial charge in [0.2, 0.25) is 0 Å². The fourth-order valence-corrected chi connectivity index (χ4v) is 3.16. The van der Waals surface area contributed by atoms with Gasteiger partial charge in [-0.2, -0.15) is 0 Å². The molecule has 3 atom stereocenters. The van der Waals surface area contributed by atoms with Crippen LogP contribution in [0.1, 0.15) is 37.1 Å². The highest BCUT2D eigenvalue weighted by molar-refractivity contribution is 5.72. The molecule has 0 bridgehead atoms. The van der Waals surface area contributed by atoms with Crippen LogP contribution in [0, 0.1) is 0 Å². The van der Waals surface area contributed by atoms with E-state index in [0.717, 1.165) is 11.1 Å². The van der Waals surface area contributed by atoms with E-state index in [4.69, 9.17) is 4.74 Å². The van der Waals surface area contributed by atoms with Crippen molar-refractivity contribution in [2.75, 3.05) is 0 Å². The second kappa shape index (κ2) is 6.69. The molecule has 1 saturated heterocycles. The van der Waals surface area contributed by atoms with E-state index in [0.29, 0.717) is 0 Å². The lowest BCUT2D eigenvalue weighted by Crippen LogP contribution is -2.35. The van der Waals surface area contributed by atoms with Crippen LogP contribution in [0.2, 0.25) is 0 Å². The largest absolute Gasteiger partial charge is 0.439 e. The summed E-state index contributed by atoms with van der Waals surface area (Å²) in [5.74, 6) is 0. The Morgan fingerprint density at radius 1 is 1.00 bits per heavy atom. The maximum atomic E-state index is 12.5. The van der Waals surface area contributed by atoms with E-state index in [1.807, 2.05) is 79.4 Å². The van der Waals surface area contributed by atoms with E-state index in [-0.39, 0.29) is 24.3 Å². The Labute approximate surface area is 137 Å². The first-order valence-electron chi connectivity index (χ1n) is 7.94. The molecule has 2 aromatic carbocycles. The van der Waals surface area contributed by atoms with E-state index in [2.05, 4.69) is 12.1 Å². The fourth-order valence-electron chi connectivity index (χ4n) is 3.16. The highest BCUT2D eigenvalue weighted by Crippen LogP contribution is 2.44. The number of carbonyl (C=O) groups is 1. The summed E-state index contributed by atoms with van der Waals surface area (Å²) in [7, 11) is 0. The first-order chi connectivity index (χ1) is 11.2. The number of amides is 1. The van der Waals surface area contributed by atoms with Crippen LogP contribution in [-0.2, 0) is 4.74 Å². The lowest BCUT2D eigenvalue weighted by molar-refractivity contribution is 0.129. The predicted octanol–water partition coefficient (Wildman–Crippen LogP) is 4.89. The van der Waals surface area contributed by atoms with Crippen LogP contribution < -0.4 is 0 Å². The maximum absolute atomic E-state index is 12.5. The Bertz CT molecular complexity index is 681. The molecule has 0 saturated carbocycles. The van der Waals surface area contributed by atoms with Crippen molar-refractivity contribution in [1.29, 1.82) is 0 Å². The molecule has 0 N–H and O–H groups in total. The van der Waals surface area contributed by atoms with Gasteiger partial charge in [-0.25, -0.2) is 4.79 Å². The molecule has 118 valence electrons. The summed E-state index contributed by atoms with van der Waals surface area (Å²) in [6.45, 7) is 3.98. The number of rotatable bonds is 4. The van der Waals surface area contributed by atoms with Crippen molar-refractivity contribution in [2.24, 2.45) is 0 Å². The minimum Gasteiger partial charge on any atom is -0.439 e. The van der Waals surface area contributed by atoms with Crippen molar-refractivity contribution in [3.8, 4) is 0 Å². The van der Waals surface area contributed by atoms with Gasteiger partial charge < -0.3 is 4.74 Å². The number of nitrogens with zero attached hydrogens (tertiary/aromatic N) is 1. The summed E-state index contributed by atoms with van der Waals surface area (Å²) in [5.41, 5.74) is 2.11. The van der Waals surface area contributed by atoms with E-state index in [1.54, 1.807) is 0 Å². The highest BCUT2D eigenvalue weighted by atomic mass is 16.6. The predicted molar refractivity (Wildman–Crippen MR) is 91.0 cm³/mol. The van der Waals surface area contributed by atoms with Crippen LogP contribution in [0.4, 0.5) is 4.79 Å². The van der Waals surface area contributed by atoms with Crippen molar-refractivity contribution < 1.29 is 9.53 Å². The smallest absolute Gasteiger partial charge is 0.411 e. The fraction of sp³-hybridized carbons (Fsp3) is 0.250. The monoisotopic (exact) mass is 307 g/mol. The summed E-state index contributed by atoms with van der Waals surface area (Å²) in [6.07, 6.45) is 3.43. The second-order valence-electron chi connectivity index (χ2n) is 5.74. The summed E-state index contributed by atoms with van der Waals surface area (Å²) >= 11 is 0. The van der Waals surface area contributed by atoms with Gasteiger partial charge in [0.25, 0.3) is 0 Å². The highest BCUT2D eigenvalue weighted by Gasteiger charge is 2.44. The lowest BCUT2D eigenvalue weighted by Gasteiger charge is -2.28. The average molecular weight is 307 g/mol. The summed E-state index contributed by atoms with van der Waals surface area (Å²) < 4.78 is 5.75. The molecular formula is C20H21NO2. The van der Waals surface area contributed by atoms with E-state index < -0.39 is 0 Å². The number of hydrogen-bond donors (Lipinski definition) is 0. The molecule has 23 heavy (non-hydrogen) atoms. The Morgan fingerprint density at radius 2 is 1.57 bits per heavy atom. The number of ether oxygens (including phenoxy) is 1. The first-order valence-corrected chi connectivity index (χ1v) is 7.94. The van der Waals surface area contributed by atoms with Gasteiger partial charge in [0.15, 0.2) is 6.10 Å². The molecule has 1 aliphatic heterocycles. The molecule has 1 heterocycles. The Morgan fingerprint density at radius 3 is 2.13 bits per heavy atom. The van der Waals surface area contributed by atoms with Gasteiger partial charge in [-0.1, -0.05) is 72.8 Å². The van der Waals surface area contributed by atoms with Crippen molar-refractivity contribution >= 4 is 6.09 Å². The van der Waals surface area contributed by atoms with Crippen LogP contribution in [0.3, 0.4) is 0 Å². The zero-order valence-electron chi connectivity index (χ0n) is 13.4. The molecule has 0 aromatic heterocycles. The lowest BCUT2D eigenvalue weighted by atomic mass is 9.94. The second-order valence-corrected chi connectivity index (χ2v) is 5.74. The van der Waals surface area contributed by atoms with E-state index in [9.17, 15) is 4.79 Å². The SMILES string of the molecule is C/C=C/C(C)N1C(=O)O[C@H](c2ccccc2)[C@@H]1c1ccccc1. The molecule has 2 aromatic rings. The quantitative estimate of drug-likeness (QED) is 0.753. The third kappa shape index (κ3) is 3.00. The molecule has 3 heteroatoms. The Balaban J connectivity index is 2.05. The van der Waals surface area contributed by atoms with E-state index in [1.165, 1.54) is 0 Å². The maximum Gasteiger partial charge on any atom is 0.411 e. The van der Waals surface area contributed by atoms with Crippen molar-refractivity contribution in [3.63, 3.8) is 0 Å². The summed E-state index contributed by atoms with van der Waals surface area (Å²) in [4.78, 5) is 14.4. The number of carbonyl (C=O) groups excluding carboxylic acids is 1. The van der Waals surface area contributed by atoms with Crippen molar-refractivity contribution in [1.82, 2.24) is 4.90 Å². The number of benzene rings is 2. The van der Waals surface area contributed by atoms with Crippen molar-refractivity contribution in [2.45, 2.75) is 32.0 Å². The molecule has 3 rings (SSSR count). The molecular weight excluding hydrogens is 286 g/mol. The average Bonchev–Trinajstić information content (AvgIpc) is 2.94. The minimum absolute atomic E-state index is 0.0218. The van der Waals surface area contributed by atoms with Gasteiger partial charge in [-0.15, -0.1) is 0 Å². The van der Waals surface area contributed by atoms with Gasteiger partial charge in [0, 0.05) is 0 Å². The van der Waals surface area contributed by atoms with Crippen LogP contribution in [-0.4, -0.2) is 17.0 Å². The number of cyclic esters (lactones) is 1. The van der Waals surface area contributed by atoms with Crippen LogP contribution >= 0.6 is 0 Å². The molecule has 0 radical (unpaired) electrons. The minimum atomic E-state index is -0.293. The van der Waals surface area contributed by atoms with E-state index >= 15 is 0 Å². The van der Waals surface area contributed by atoms with Gasteiger partial charge >= 0.3 is 6.09 Å². The van der Waals surface area contributed by atoms with Gasteiger partial charge in [0.05, 0.1) is 6.04 Å². The molecule has 3 nitrogen and oxygen atoms in total. The van der Waals surface area contributed by atoms with Crippen molar-refractivity contribution in [3.05, 3.63) is 83.9 Å². The van der Waals surface area contributed by atoms with Crippen LogP contribution in [0.5, 0.6) is 0 Å². The summed E-state index contributed by atoms with van der Waals surface area (Å²) in [5, 5.41) is 0. The third-order valence-electron chi connectivity index (χ3n) is 4.20. The molecule has 1 fully saturated rings. The zero-order chi connectivity index (χ0) is 16.2. The van der Waals surface area contributed by atoms with Crippen LogP contribution in [0.15, 0.2) is 72.8 Å². The Kier molecular flexibility index (Phi) is 4.47. The topological polar surface area (TPSA) is 29.5 Å². The first kappa shape index (κ1) is 15.3. The summed E-state index contributed by atoms with van der Waals surface area (Å²) in [6, 6.07) is 19.9.